The lowest BCUT2D eigenvalue weighted by atomic mass is 9.95. The van der Waals surface area contributed by atoms with Gasteiger partial charge in [-0.15, -0.1) is 0 Å². The number of ether oxygens (including phenoxy) is 1. The highest BCUT2D eigenvalue weighted by molar-refractivity contribution is 9.10. The molecule has 1 aromatic heterocycles. The Morgan fingerprint density at radius 2 is 2.12 bits per heavy atom. The number of piperidine rings is 1. The highest BCUT2D eigenvalue weighted by Gasteiger charge is 2.49. The zero-order valence-corrected chi connectivity index (χ0v) is 20.5. The van der Waals surface area contributed by atoms with Crippen molar-refractivity contribution in [3.05, 3.63) is 21.4 Å². The van der Waals surface area contributed by atoms with Crippen molar-refractivity contribution in [2.75, 3.05) is 37.7 Å². The van der Waals surface area contributed by atoms with Gasteiger partial charge < -0.3 is 14.7 Å². The van der Waals surface area contributed by atoms with Gasteiger partial charge in [0.05, 0.1) is 21.1 Å². The van der Waals surface area contributed by atoms with Crippen molar-refractivity contribution in [1.29, 1.82) is 0 Å². The van der Waals surface area contributed by atoms with E-state index in [1.165, 1.54) is 0 Å². The lowest BCUT2D eigenvalue weighted by Gasteiger charge is -2.34. The number of fused-ring (bicyclic) bond motifs is 4. The highest BCUT2D eigenvalue weighted by Crippen LogP contribution is 2.43. The van der Waals surface area contributed by atoms with E-state index >= 15 is 4.39 Å². The van der Waals surface area contributed by atoms with Crippen molar-refractivity contribution in [3.8, 4) is 6.01 Å². The molecule has 4 fully saturated rings. The molecule has 6 rings (SSSR count). The third-order valence-corrected chi connectivity index (χ3v) is 9.31. The summed E-state index contributed by atoms with van der Waals surface area (Å²) < 4.78 is 35.6. The van der Waals surface area contributed by atoms with Gasteiger partial charge in [-0.25, -0.2) is 8.78 Å². The van der Waals surface area contributed by atoms with Gasteiger partial charge in [0, 0.05) is 37.4 Å². The van der Waals surface area contributed by atoms with Crippen LogP contribution in [0.25, 0.3) is 10.9 Å². The van der Waals surface area contributed by atoms with E-state index in [4.69, 9.17) is 21.3 Å². The van der Waals surface area contributed by atoms with Gasteiger partial charge in [0.1, 0.15) is 24.1 Å². The van der Waals surface area contributed by atoms with Crippen LogP contribution in [0, 0.1) is 17.7 Å². The molecule has 3 aliphatic heterocycles. The van der Waals surface area contributed by atoms with Crippen molar-refractivity contribution >= 4 is 44.3 Å². The second-order valence-electron chi connectivity index (χ2n) is 10.1. The van der Waals surface area contributed by atoms with Gasteiger partial charge in [0.15, 0.2) is 5.82 Å². The van der Waals surface area contributed by atoms with E-state index < -0.39 is 12.0 Å². The summed E-state index contributed by atoms with van der Waals surface area (Å²) in [5, 5.41) is 11.1. The van der Waals surface area contributed by atoms with Crippen LogP contribution in [0.5, 0.6) is 6.01 Å². The molecule has 1 saturated carbocycles. The second-order valence-corrected chi connectivity index (χ2v) is 11.3. The van der Waals surface area contributed by atoms with Crippen molar-refractivity contribution in [2.45, 2.75) is 49.9 Å². The molecule has 178 valence electrons. The van der Waals surface area contributed by atoms with E-state index in [0.29, 0.717) is 36.6 Å². The third-order valence-electron chi connectivity index (χ3n) is 8.01. The summed E-state index contributed by atoms with van der Waals surface area (Å²) >= 11 is 9.50. The molecule has 1 aliphatic carbocycles. The predicted molar refractivity (Wildman–Crippen MR) is 125 cm³/mol. The summed E-state index contributed by atoms with van der Waals surface area (Å²) in [7, 11) is 0. The van der Waals surface area contributed by atoms with Crippen LogP contribution in [0.2, 0.25) is 5.02 Å². The smallest absolute Gasteiger partial charge is 0.319 e. The first kappa shape index (κ1) is 22.2. The lowest BCUT2D eigenvalue weighted by Crippen LogP contribution is -2.43. The number of hydrogen-bond acceptors (Lipinski definition) is 6. The number of aliphatic hydroxyl groups is 1. The van der Waals surface area contributed by atoms with Crippen molar-refractivity contribution in [3.63, 3.8) is 0 Å². The SMILES string of the molecule is O[C@@H]1C[C@@H]2C[C@H]1CN(c1nc(OC[C@@]34CCCN3C[C@H](F)C4)nc3c(F)c(Br)c(Cl)cc13)C2. The Balaban J connectivity index is 1.38. The summed E-state index contributed by atoms with van der Waals surface area (Å²) in [5.41, 5.74) is -0.203. The minimum Gasteiger partial charge on any atom is -0.461 e. The van der Waals surface area contributed by atoms with E-state index in [-0.39, 0.29) is 45.2 Å². The molecule has 4 aliphatic rings. The summed E-state index contributed by atoms with van der Waals surface area (Å²) in [6.45, 7) is 2.95. The number of alkyl halides is 1. The fourth-order valence-corrected chi connectivity index (χ4v) is 6.99. The van der Waals surface area contributed by atoms with Crippen LogP contribution in [-0.2, 0) is 0 Å². The Kier molecular flexibility index (Phi) is 5.47. The van der Waals surface area contributed by atoms with E-state index in [2.05, 4.69) is 30.7 Å². The van der Waals surface area contributed by atoms with Crippen LogP contribution in [0.4, 0.5) is 14.6 Å². The number of hydrogen-bond donors (Lipinski definition) is 1. The molecular formula is C23H26BrClF2N4O2. The fraction of sp³-hybridized carbons (Fsp3) is 0.652. The molecular weight excluding hydrogens is 518 g/mol. The van der Waals surface area contributed by atoms with Crippen LogP contribution in [-0.4, -0.2) is 70.6 Å². The number of nitrogens with zero attached hydrogens (tertiary/aromatic N) is 4. The number of aliphatic hydroxyl groups excluding tert-OH is 1. The van der Waals surface area contributed by atoms with Gasteiger partial charge in [-0.1, -0.05) is 11.6 Å². The molecule has 5 atom stereocenters. The standard InChI is InChI=1S/C23H26BrClF2N4O2/c24-18-16(25)6-15-20(19(18)27)28-22(33-11-23-2-1-3-31(23)10-14(26)7-23)29-21(15)30-8-12-4-13(9-30)17(32)5-12/h6,12-14,17,32H,1-5,7-11H2/t12-,13-,14+,17+,23-/m0/s1. The quantitative estimate of drug-likeness (QED) is 0.579. The average molecular weight is 544 g/mol. The first-order valence-electron chi connectivity index (χ1n) is 11.6. The molecule has 10 heteroatoms. The molecule has 4 heterocycles. The molecule has 0 amide bonds. The van der Waals surface area contributed by atoms with Crippen LogP contribution in [0.15, 0.2) is 10.5 Å². The zero-order chi connectivity index (χ0) is 22.9. The Morgan fingerprint density at radius 3 is 2.94 bits per heavy atom. The van der Waals surface area contributed by atoms with Gasteiger partial charge in [-0.2, -0.15) is 9.97 Å². The van der Waals surface area contributed by atoms with Gasteiger partial charge in [0.25, 0.3) is 0 Å². The Bertz CT molecular complexity index is 1110. The molecule has 33 heavy (non-hydrogen) atoms. The van der Waals surface area contributed by atoms with E-state index in [0.717, 1.165) is 38.8 Å². The van der Waals surface area contributed by atoms with Gasteiger partial charge in [-0.05, 0) is 60.1 Å². The molecule has 1 aromatic carbocycles. The maximum Gasteiger partial charge on any atom is 0.319 e. The normalized spacial score (nSPS) is 33.8. The maximum absolute atomic E-state index is 15.2. The topological polar surface area (TPSA) is 61.7 Å². The third kappa shape index (κ3) is 3.70. The minimum atomic E-state index is -0.854. The summed E-state index contributed by atoms with van der Waals surface area (Å²) in [5.74, 6) is 0.550. The zero-order valence-electron chi connectivity index (χ0n) is 18.1. The van der Waals surface area contributed by atoms with Crippen LogP contribution in [0.3, 0.4) is 0 Å². The van der Waals surface area contributed by atoms with Crippen LogP contribution >= 0.6 is 27.5 Å². The first-order valence-corrected chi connectivity index (χ1v) is 12.8. The molecule has 2 bridgehead atoms. The largest absolute Gasteiger partial charge is 0.461 e. The number of benzene rings is 1. The van der Waals surface area contributed by atoms with E-state index in [1.54, 1.807) is 6.07 Å². The molecule has 0 radical (unpaired) electrons. The number of halogens is 4. The predicted octanol–water partition coefficient (Wildman–Crippen LogP) is 4.35. The molecule has 0 spiro atoms. The Labute approximate surface area is 204 Å². The molecule has 0 unspecified atom stereocenters. The maximum atomic E-state index is 15.2. The van der Waals surface area contributed by atoms with Crippen LogP contribution < -0.4 is 9.64 Å². The molecule has 3 saturated heterocycles. The van der Waals surface area contributed by atoms with Gasteiger partial charge in [0.2, 0.25) is 0 Å². The van der Waals surface area contributed by atoms with E-state index in [1.807, 2.05) is 0 Å². The Morgan fingerprint density at radius 1 is 1.27 bits per heavy atom. The van der Waals surface area contributed by atoms with Crippen molar-refractivity contribution in [1.82, 2.24) is 14.9 Å². The first-order chi connectivity index (χ1) is 15.8. The lowest BCUT2D eigenvalue weighted by molar-refractivity contribution is 0.107. The summed E-state index contributed by atoms with van der Waals surface area (Å²) in [6, 6.07) is 1.77. The van der Waals surface area contributed by atoms with Crippen molar-refractivity contribution in [2.24, 2.45) is 11.8 Å². The molecule has 6 nitrogen and oxygen atoms in total. The molecule has 1 N–H and O–H groups in total. The van der Waals surface area contributed by atoms with E-state index in [9.17, 15) is 9.50 Å². The van der Waals surface area contributed by atoms with Gasteiger partial charge in [-0.3, -0.25) is 4.90 Å². The number of rotatable bonds is 4. The number of aromatic nitrogens is 2. The summed E-state index contributed by atoms with van der Waals surface area (Å²) in [4.78, 5) is 13.4. The highest BCUT2D eigenvalue weighted by atomic mass is 79.9. The average Bonchev–Trinajstić information content (AvgIpc) is 3.39. The fourth-order valence-electron chi connectivity index (χ4n) is 6.49. The Hall–Kier alpha value is -1.29. The van der Waals surface area contributed by atoms with Crippen molar-refractivity contribution < 1.29 is 18.6 Å². The van der Waals surface area contributed by atoms with Gasteiger partial charge >= 0.3 is 6.01 Å². The second kappa shape index (κ2) is 8.14. The molecule has 2 aromatic rings. The monoisotopic (exact) mass is 542 g/mol. The minimum absolute atomic E-state index is 0.0904. The number of anilines is 1. The summed E-state index contributed by atoms with van der Waals surface area (Å²) in [6.07, 6.45) is 2.92. The van der Waals surface area contributed by atoms with Crippen LogP contribution in [0.1, 0.15) is 32.1 Å².